The van der Waals surface area contributed by atoms with Gasteiger partial charge >= 0.3 is 6.09 Å². The van der Waals surface area contributed by atoms with Gasteiger partial charge in [-0.1, -0.05) is 12.1 Å². The molecule has 0 saturated carbocycles. The van der Waals surface area contributed by atoms with E-state index in [9.17, 15) is 14.3 Å². The Morgan fingerprint density at radius 2 is 2.10 bits per heavy atom. The van der Waals surface area contributed by atoms with E-state index in [1.54, 1.807) is 32.0 Å². The summed E-state index contributed by atoms with van der Waals surface area (Å²) in [4.78, 5) is 9.81. The monoisotopic (exact) mass is 409 g/mol. The minimum Gasteiger partial charge on any atom is -0.505 e. The van der Waals surface area contributed by atoms with Gasteiger partial charge < -0.3 is 20.1 Å². The summed E-state index contributed by atoms with van der Waals surface area (Å²) < 4.78 is 20.1. The summed E-state index contributed by atoms with van der Waals surface area (Å²) in [5.41, 5.74) is 9.41. The van der Waals surface area contributed by atoms with E-state index >= 15 is 0 Å². The number of halogens is 1. The van der Waals surface area contributed by atoms with Crippen LogP contribution < -0.4 is 5.73 Å². The number of ether oxygens (including phenoxy) is 1. The lowest BCUT2D eigenvalue weighted by Crippen LogP contribution is -2.17. The van der Waals surface area contributed by atoms with Gasteiger partial charge in [0.1, 0.15) is 0 Å². The number of aromatic nitrogens is 1. The van der Waals surface area contributed by atoms with E-state index in [1.165, 1.54) is 17.3 Å². The molecule has 0 unspecified atom stereocenters. The molecule has 0 bridgehead atoms. The molecule has 0 atom stereocenters. The first-order valence-corrected chi connectivity index (χ1v) is 9.78. The van der Waals surface area contributed by atoms with Gasteiger partial charge in [-0.05, 0) is 62.9 Å². The number of nitriles is 1. The van der Waals surface area contributed by atoms with Crippen molar-refractivity contribution in [3.63, 3.8) is 0 Å². The highest BCUT2D eigenvalue weighted by molar-refractivity contribution is 5.87. The summed E-state index contributed by atoms with van der Waals surface area (Å²) >= 11 is 0. The molecule has 0 fully saturated rings. The number of primary amides is 1. The summed E-state index contributed by atoms with van der Waals surface area (Å²) in [5, 5.41) is 20.2. The smallest absolute Gasteiger partial charge is 0.404 e. The first kappa shape index (κ1) is 21.2. The number of aromatic hydroxyl groups is 1. The van der Waals surface area contributed by atoms with Crippen molar-refractivity contribution in [2.24, 2.45) is 5.73 Å². The van der Waals surface area contributed by atoms with Crippen LogP contribution in [0.2, 0.25) is 0 Å². The number of phenolic OH excluding ortho intramolecular Hbond substituents is 1. The molecule has 3 aromatic rings. The van der Waals surface area contributed by atoms with Crippen LogP contribution in [-0.2, 0) is 24.1 Å². The van der Waals surface area contributed by atoms with E-state index in [-0.39, 0.29) is 11.9 Å². The Morgan fingerprint density at radius 1 is 1.33 bits per heavy atom. The van der Waals surface area contributed by atoms with Crippen molar-refractivity contribution >= 4 is 17.0 Å². The molecule has 3 N–H and O–H groups in total. The molecule has 7 heteroatoms. The molecule has 0 saturated heterocycles. The number of phenols is 1. The van der Waals surface area contributed by atoms with Crippen molar-refractivity contribution < 1.29 is 19.0 Å². The lowest BCUT2D eigenvalue weighted by Gasteiger charge is -2.11. The Balaban J connectivity index is 0.000000318. The van der Waals surface area contributed by atoms with Crippen LogP contribution in [0.5, 0.6) is 5.75 Å². The quantitative estimate of drug-likeness (QED) is 0.670. The van der Waals surface area contributed by atoms with Crippen LogP contribution in [-0.4, -0.2) is 21.9 Å². The maximum Gasteiger partial charge on any atom is 0.404 e. The Labute approximate surface area is 174 Å². The van der Waals surface area contributed by atoms with Crippen LogP contribution >= 0.6 is 0 Å². The SMILES string of the molecule is CC(C)OC(N)=O.N#Cc1ccc2c(c1)c1c(n2Cc2cccc(F)c2O)CCC1. The van der Waals surface area contributed by atoms with Crippen LogP contribution in [0.25, 0.3) is 10.9 Å². The second-order valence-corrected chi connectivity index (χ2v) is 7.44. The molecule has 1 aromatic heterocycles. The highest BCUT2D eigenvalue weighted by Crippen LogP contribution is 2.35. The fourth-order valence-corrected chi connectivity index (χ4v) is 3.81. The number of amides is 1. The molecule has 0 aliphatic heterocycles. The number of hydrogen-bond donors (Lipinski definition) is 2. The number of para-hydroxylation sites is 1. The fourth-order valence-electron chi connectivity index (χ4n) is 3.81. The molecule has 1 heterocycles. The van der Waals surface area contributed by atoms with Crippen LogP contribution in [0.4, 0.5) is 9.18 Å². The number of carbonyl (C=O) groups excluding carboxylic acids is 1. The summed E-state index contributed by atoms with van der Waals surface area (Å²) in [6, 6.07) is 12.5. The average Bonchev–Trinajstić information content (AvgIpc) is 3.27. The number of aryl methyl sites for hydroxylation is 1. The third-order valence-electron chi connectivity index (χ3n) is 5.01. The highest BCUT2D eigenvalue weighted by Gasteiger charge is 2.22. The third kappa shape index (κ3) is 4.38. The van der Waals surface area contributed by atoms with Gasteiger partial charge in [-0.3, -0.25) is 0 Å². The van der Waals surface area contributed by atoms with Crippen molar-refractivity contribution in [1.82, 2.24) is 4.57 Å². The predicted molar refractivity (Wildman–Crippen MR) is 112 cm³/mol. The van der Waals surface area contributed by atoms with Gasteiger partial charge in [-0.25, -0.2) is 9.18 Å². The number of nitrogens with two attached hydrogens (primary N) is 1. The third-order valence-corrected chi connectivity index (χ3v) is 5.01. The van der Waals surface area contributed by atoms with Gasteiger partial charge in [-0.2, -0.15) is 5.26 Å². The van der Waals surface area contributed by atoms with Crippen LogP contribution in [0.1, 0.15) is 42.7 Å². The molecule has 1 aliphatic carbocycles. The van der Waals surface area contributed by atoms with Crippen molar-refractivity contribution in [2.75, 3.05) is 0 Å². The second-order valence-electron chi connectivity index (χ2n) is 7.44. The molecule has 0 spiro atoms. The summed E-state index contributed by atoms with van der Waals surface area (Å²) in [7, 11) is 0. The zero-order chi connectivity index (χ0) is 21.8. The summed E-state index contributed by atoms with van der Waals surface area (Å²) in [5.74, 6) is -0.878. The Kier molecular flexibility index (Phi) is 6.26. The lowest BCUT2D eigenvalue weighted by molar-refractivity contribution is 0.125. The van der Waals surface area contributed by atoms with Crippen LogP contribution in [0.3, 0.4) is 0 Å². The van der Waals surface area contributed by atoms with Crippen LogP contribution in [0, 0.1) is 17.1 Å². The first-order valence-electron chi connectivity index (χ1n) is 9.78. The molecule has 6 nitrogen and oxygen atoms in total. The number of benzene rings is 2. The van der Waals surface area contributed by atoms with Gasteiger partial charge in [0, 0.05) is 22.2 Å². The maximum absolute atomic E-state index is 13.6. The standard InChI is InChI=1S/C19H15FN2O.C4H9NO2/c20-16-5-1-3-13(19(16)23)11-22-17-6-2-4-14(17)15-9-12(10-21)7-8-18(15)22;1-3(2)7-4(5)6/h1,3,5,7-9,23H,2,4,6,11H2;3H,1-2H3,(H2,5,6). The maximum atomic E-state index is 13.6. The van der Waals surface area contributed by atoms with Crippen molar-refractivity contribution in [3.8, 4) is 11.8 Å². The Hall–Kier alpha value is -3.53. The van der Waals surface area contributed by atoms with E-state index in [1.807, 2.05) is 12.1 Å². The van der Waals surface area contributed by atoms with Gasteiger partial charge in [-0.15, -0.1) is 0 Å². The van der Waals surface area contributed by atoms with Gasteiger partial charge in [0.2, 0.25) is 0 Å². The molecular formula is C23H24FN3O3. The molecule has 2 aromatic carbocycles. The largest absolute Gasteiger partial charge is 0.505 e. The van der Waals surface area contributed by atoms with E-state index < -0.39 is 11.9 Å². The van der Waals surface area contributed by atoms with Gasteiger partial charge in [0.05, 0.1) is 24.3 Å². The highest BCUT2D eigenvalue weighted by atomic mass is 19.1. The van der Waals surface area contributed by atoms with E-state index in [4.69, 9.17) is 5.26 Å². The van der Waals surface area contributed by atoms with Crippen molar-refractivity contribution in [3.05, 3.63) is 64.6 Å². The zero-order valence-electron chi connectivity index (χ0n) is 17.0. The lowest BCUT2D eigenvalue weighted by atomic mass is 10.1. The fraction of sp³-hybridized carbons (Fsp3) is 0.304. The van der Waals surface area contributed by atoms with Gasteiger partial charge in [0.15, 0.2) is 11.6 Å². The number of fused-ring (bicyclic) bond motifs is 3. The van der Waals surface area contributed by atoms with Crippen molar-refractivity contribution in [1.29, 1.82) is 5.26 Å². The Morgan fingerprint density at radius 3 is 2.73 bits per heavy atom. The number of hydrogen-bond acceptors (Lipinski definition) is 4. The molecule has 0 radical (unpaired) electrons. The minimum atomic E-state index is -0.713. The predicted octanol–water partition coefficient (Wildman–Crippen LogP) is 4.38. The molecule has 30 heavy (non-hydrogen) atoms. The Bertz CT molecular complexity index is 1130. The zero-order valence-corrected chi connectivity index (χ0v) is 17.0. The molecule has 1 amide bonds. The van der Waals surface area contributed by atoms with E-state index in [0.717, 1.165) is 30.2 Å². The summed E-state index contributed by atoms with van der Waals surface area (Å²) in [6.07, 6.45) is 2.25. The molecule has 156 valence electrons. The van der Waals surface area contributed by atoms with Gasteiger partial charge in [0.25, 0.3) is 0 Å². The topological polar surface area (TPSA) is 101 Å². The number of carbonyl (C=O) groups is 1. The molecule has 4 rings (SSSR count). The van der Waals surface area contributed by atoms with Crippen molar-refractivity contribution in [2.45, 2.75) is 45.8 Å². The number of nitrogens with zero attached hydrogens (tertiary/aromatic N) is 2. The van der Waals surface area contributed by atoms with E-state index in [2.05, 4.69) is 21.1 Å². The molecular weight excluding hydrogens is 385 g/mol. The number of rotatable bonds is 3. The molecule has 1 aliphatic rings. The normalized spacial score (nSPS) is 12.2. The van der Waals surface area contributed by atoms with E-state index in [0.29, 0.717) is 17.7 Å². The second kappa shape index (κ2) is 8.87. The van der Waals surface area contributed by atoms with Crippen LogP contribution in [0.15, 0.2) is 36.4 Å². The minimum absolute atomic E-state index is 0.0995. The summed E-state index contributed by atoms with van der Waals surface area (Å²) in [6.45, 7) is 3.91. The average molecular weight is 409 g/mol. The first-order chi connectivity index (χ1) is 14.3.